The first-order valence-electron chi connectivity index (χ1n) is 7.08. The number of imidazole rings is 1. The molecule has 0 saturated heterocycles. The topological polar surface area (TPSA) is 59.8 Å². The number of halogens is 1. The van der Waals surface area contributed by atoms with E-state index in [9.17, 15) is 4.79 Å². The van der Waals surface area contributed by atoms with E-state index < -0.39 is 0 Å². The Bertz CT molecular complexity index is 630. The minimum atomic E-state index is -0.217. The second-order valence-corrected chi connectivity index (χ2v) is 6.39. The molecule has 1 N–H and O–H groups in total. The molecule has 2 heterocycles. The van der Waals surface area contributed by atoms with Crippen LogP contribution in [0.3, 0.4) is 0 Å². The van der Waals surface area contributed by atoms with E-state index in [2.05, 4.69) is 15.3 Å². The average molecular weight is 309 g/mol. The van der Waals surface area contributed by atoms with Crippen molar-refractivity contribution in [2.45, 2.75) is 45.7 Å². The highest BCUT2D eigenvalue weighted by atomic mass is 35.5. The van der Waals surface area contributed by atoms with Crippen LogP contribution in [0, 0.1) is 0 Å². The number of nitrogens with zero attached hydrogens (tertiary/aromatic N) is 3. The van der Waals surface area contributed by atoms with Gasteiger partial charge in [-0.05, 0) is 32.9 Å². The van der Waals surface area contributed by atoms with Crippen molar-refractivity contribution in [2.24, 2.45) is 0 Å². The predicted molar refractivity (Wildman–Crippen MR) is 84.5 cm³/mol. The lowest BCUT2D eigenvalue weighted by molar-refractivity contribution is -0.122. The largest absolute Gasteiger partial charge is 0.351 e. The minimum Gasteiger partial charge on any atom is -0.351 e. The van der Waals surface area contributed by atoms with Gasteiger partial charge in [-0.1, -0.05) is 0 Å². The van der Waals surface area contributed by atoms with Crippen molar-refractivity contribution in [2.75, 3.05) is 5.88 Å². The predicted octanol–water partition coefficient (Wildman–Crippen LogP) is 2.52. The molecule has 0 fully saturated rings. The molecule has 114 valence electrons. The van der Waals surface area contributed by atoms with Crippen molar-refractivity contribution in [3.8, 4) is 0 Å². The molecule has 6 heteroatoms. The Morgan fingerprint density at radius 2 is 2.19 bits per heavy atom. The Labute approximate surface area is 129 Å². The van der Waals surface area contributed by atoms with Gasteiger partial charge in [0.25, 0.3) is 0 Å². The highest BCUT2D eigenvalue weighted by Gasteiger charge is 2.16. The fourth-order valence-corrected chi connectivity index (χ4v) is 2.38. The van der Waals surface area contributed by atoms with Crippen molar-refractivity contribution in [1.82, 2.24) is 19.9 Å². The van der Waals surface area contributed by atoms with Crippen LogP contribution in [-0.2, 0) is 17.8 Å². The van der Waals surface area contributed by atoms with Gasteiger partial charge >= 0.3 is 0 Å². The van der Waals surface area contributed by atoms with E-state index in [0.717, 1.165) is 17.0 Å². The number of fused-ring (bicyclic) bond motifs is 1. The molecule has 2 rings (SSSR count). The molecule has 21 heavy (non-hydrogen) atoms. The van der Waals surface area contributed by atoms with Crippen LogP contribution in [0.15, 0.2) is 18.3 Å². The first-order chi connectivity index (χ1) is 9.90. The van der Waals surface area contributed by atoms with Crippen LogP contribution >= 0.6 is 11.6 Å². The van der Waals surface area contributed by atoms with Gasteiger partial charge in [0.15, 0.2) is 5.65 Å². The third-order valence-electron chi connectivity index (χ3n) is 2.98. The number of carbonyl (C=O) groups excluding carboxylic acids is 1. The zero-order valence-corrected chi connectivity index (χ0v) is 13.4. The second-order valence-electron chi connectivity index (χ2n) is 6.01. The van der Waals surface area contributed by atoms with E-state index in [1.54, 1.807) is 6.20 Å². The summed E-state index contributed by atoms with van der Waals surface area (Å²) in [5.41, 5.74) is 1.43. The number of nitrogens with one attached hydrogen (secondary N) is 1. The average Bonchev–Trinajstić information content (AvgIpc) is 2.72. The molecule has 0 bridgehead atoms. The summed E-state index contributed by atoms with van der Waals surface area (Å²) in [4.78, 5) is 20.9. The number of alkyl halides is 1. The Morgan fingerprint density at radius 3 is 2.86 bits per heavy atom. The van der Waals surface area contributed by atoms with Crippen molar-refractivity contribution < 1.29 is 4.79 Å². The molecule has 0 radical (unpaired) electrons. The zero-order valence-electron chi connectivity index (χ0n) is 12.7. The molecule has 0 aliphatic heterocycles. The normalized spacial score (nSPS) is 11.8. The van der Waals surface area contributed by atoms with Gasteiger partial charge in [-0.15, -0.1) is 11.6 Å². The molecule has 2 aromatic rings. The van der Waals surface area contributed by atoms with Gasteiger partial charge in [-0.3, -0.25) is 4.79 Å². The molecule has 0 aromatic carbocycles. The van der Waals surface area contributed by atoms with Gasteiger partial charge in [0.2, 0.25) is 5.91 Å². The van der Waals surface area contributed by atoms with Crippen LogP contribution in [0.4, 0.5) is 0 Å². The summed E-state index contributed by atoms with van der Waals surface area (Å²) in [6.07, 6.45) is 2.80. The maximum Gasteiger partial charge on any atom is 0.222 e. The molecule has 0 saturated carbocycles. The Balaban J connectivity index is 2.17. The van der Waals surface area contributed by atoms with Gasteiger partial charge in [0, 0.05) is 37.0 Å². The summed E-state index contributed by atoms with van der Waals surface area (Å²) in [6.45, 7) is 6.47. The van der Waals surface area contributed by atoms with E-state index >= 15 is 0 Å². The van der Waals surface area contributed by atoms with E-state index in [-0.39, 0.29) is 11.4 Å². The Morgan fingerprint density at radius 1 is 1.43 bits per heavy atom. The van der Waals surface area contributed by atoms with E-state index in [1.807, 2.05) is 37.5 Å². The number of pyridine rings is 1. The number of hydrogen-bond acceptors (Lipinski definition) is 3. The molecule has 0 atom stereocenters. The van der Waals surface area contributed by atoms with Crippen molar-refractivity contribution in [3.05, 3.63) is 24.2 Å². The summed E-state index contributed by atoms with van der Waals surface area (Å²) in [7, 11) is 0. The van der Waals surface area contributed by atoms with E-state index in [4.69, 9.17) is 11.6 Å². The quantitative estimate of drug-likeness (QED) is 0.863. The molecule has 0 unspecified atom stereocenters. The first kappa shape index (κ1) is 15.8. The summed E-state index contributed by atoms with van der Waals surface area (Å²) >= 11 is 5.83. The molecular formula is C15H21ClN4O. The third kappa shape index (κ3) is 4.17. The summed E-state index contributed by atoms with van der Waals surface area (Å²) in [5.74, 6) is 1.40. The van der Waals surface area contributed by atoms with Crippen molar-refractivity contribution in [1.29, 1.82) is 0 Å². The molecule has 2 aromatic heterocycles. The van der Waals surface area contributed by atoms with E-state index in [0.29, 0.717) is 25.3 Å². The Hall–Kier alpha value is -1.62. The van der Waals surface area contributed by atoms with Crippen LogP contribution in [0.5, 0.6) is 0 Å². The van der Waals surface area contributed by atoms with Crippen LogP contribution in [0.1, 0.15) is 33.0 Å². The van der Waals surface area contributed by atoms with Crippen molar-refractivity contribution >= 4 is 28.7 Å². The van der Waals surface area contributed by atoms with E-state index in [1.165, 1.54) is 0 Å². The third-order valence-corrected chi connectivity index (χ3v) is 3.17. The highest BCUT2D eigenvalue weighted by Crippen LogP contribution is 2.15. The molecule has 0 aliphatic rings. The van der Waals surface area contributed by atoms with Crippen LogP contribution in [0.2, 0.25) is 0 Å². The molecular weight excluding hydrogens is 288 g/mol. The van der Waals surface area contributed by atoms with Gasteiger partial charge in [0.1, 0.15) is 11.3 Å². The zero-order chi connectivity index (χ0) is 15.5. The second kappa shape index (κ2) is 6.43. The number of aromatic nitrogens is 3. The smallest absolute Gasteiger partial charge is 0.222 e. The highest BCUT2D eigenvalue weighted by molar-refractivity contribution is 6.17. The van der Waals surface area contributed by atoms with Crippen LogP contribution in [-0.4, -0.2) is 31.9 Å². The number of aryl methyl sites for hydroxylation is 2. The summed E-state index contributed by atoms with van der Waals surface area (Å²) < 4.78 is 1.99. The maximum absolute atomic E-state index is 12.0. The SMILES string of the molecule is CC(C)(C)NC(=O)CCn1c(CCCl)nc2cccnc21. The van der Waals surface area contributed by atoms with Gasteiger partial charge in [-0.2, -0.15) is 0 Å². The molecule has 0 spiro atoms. The number of rotatable bonds is 5. The summed E-state index contributed by atoms with van der Waals surface area (Å²) in [5, 5.41) is 2.96. The lowest BCUT2D eigenvalue weighted by Gasteiger charge is -2.20. The monoisotopic (exact) mass is 308 g/mol. The van der Waals surface area contributed by atoms with Crippen LogP contribution in [0.25, 0.3) is 11.2 Å². The van der Waals surface area contributed by atoms with Gasteiger partial charge < -0.3 is 9.88 Å². The van der Waals surface area contributed by atoms with Gasteiger partial charge in [-0.25, -0.2) is 9.97 Å². The molecule has 5 nitrogen and oxygen atoms in total. The number of hydrogen-bond donors (Lipinski definition) is 1. The summed E-state index contributed by atoms with van der Waals surface area (Å²) in [6, 6.07) is 3.78. The fraction of sp³-hybridized carbons (Fsp3) is 0.533. The molecule has 1 amide bonds. The number of amides is 1. The lowest BCUT2D eigenvalue weighted by Crippen LogP contribution is -2.40. The maximum atomic E-state index is 12.0. The Kier molecular flexibility index (Phi) is 4.83. The molecule has 0 aliphatic carbocycles. The number of carbonyl (C=O) groups is 1. The minimum absolute atomic E-state index is 0.0251. The fourth-order valence-electron chi connectivity index (χ4n) is 2.21. The van der Waals surface area contributed by atoms with Crippen LogP contribution < -0.4 is 5.32 Å². The lowest BCUT2D eigenvalue weighted by atomic mass is 10.1. The van der Waals surface area contributed by atoms with Gasteiger partial charge in [0.05, 0.1) is 0 Å². The van der Waals surface area contributed by atoms with Crippen molar-refractivity contribution in [3.63, 3.8) is 0 Å². The standard InChI is InChI=1S/C15H21ClN4O/c1-15(2,3)19-13(21)7-10-20-12(6-8-16)18-11-5-4-9-17-14(11)20/h4-5,9H,6-8,10H2,1-3H3,(H,19,21). The first-order valence-corrected chi connectivity index (χ1v) is 7.61.